The van der Waals surface area contributed by atoms with Crippen molar-refractivity contribution in [3.05, 3.63) is 35.5 Å². The summed E-state index contributed by atoms with van der Waals surface area (Å²) < 4.78 is 1.08. The van der Waals surface area contributed by atoms with Gasteiger partial charge in [-0.15, -0.1) is 11.3 Å². The second-order valence-corrected chi connectivity index (χ2v) is 8.12. The van der Waals surface area contributed by atoms with Gasteiger partial charge in [-0.2, -0.15) is 0 Å². The summed E-state index contributed by atoms with van der Waals surface area (Å²) in [7, 11) is 0. The molecule has 0 radical (unpaired) electrons. The highest BCUT2D eigenvalue weighted by Gasteiger charge is 2.20. The first-order chi connectivity index (χ1) is 11.3. The summed E-state index contributed by atoms with van der Waals surface area (Å²) >= 11 is 1.75. The number of aromatic nitrogens is 3. The van der Waals surface area contributed by atoms with Crippen LogP contribution in [-0.4, -0.2) is 27.5 Å². The summed E-state index contributed by atoms with van der Waals surface area (Å²) in [6, 6.07) is 6.08. The molecule has 5 nitrogen and oxygen atoms in total. The van der Waals surface area contributed by atoms with Crippen LogP contribution in [0, 0.1) is 0 Å². The van der Waals surface area contributed by atoms with Crippen molar-refractivity contribution >= 4 is 27.4 Å². The zero-order chi connectivity index (χ0) is 17.3. The SMILES string of the molecule is C[C@@H](N)CNc1nc(-c2ccncc2)nc2cc(C(C)(C)C)sc12. The van der Waals surface area contributed by atoms with E-state index in [1.54, 1.807) is 23.7 Å². The summed E-state index contributed by atoms with van der Waals surface area (Å²) in [5.74, 6) is 1.56. The van der Waals surface area contributed by atoms with Crippen LogP contribution in [0.4, 0.5) is 5.82 Å². The third kappa shape index (κ3) is 3.55. The van der Waals surface area contributed by atoms with Gasteiger partial charge in [0, 0.05) is 35.4 Å². The highest BCUT2D eigenvalue weighted by Crippen LogP contribution is 2.37. The molecule has 0 bridgehead atoms. The molecule has 0 aliphatic rings. The van der Waals surface area contributed by atoms with Gasteiger partial charge in [0.2, 0.25) is 0 Å². The Morgan fingerprint density at radius 2 is 1.92 bits per heavy atom. The quantitative estimate of drug-likeness (QED) is 0.754. The molecule has 24 heavy (non-hydrogen) atoms. The van der Waals surface area contributed by atoms with Crippen molar-refractivity contribution < 1.29 is 0 Å². The van der Waals surface area contributed by atoms with Crippen LogP contribution in [0.5, 0.6) is 0 Å². The van der Waals surface area contributed by atoms with E-state index < -0.39 is 0 Å². The number of fused-ring (bicyclic) bond motifs is 1. The second kappa shape index (κ2) is 6.45. The monoisotopic (exact) mass is 341 g/mol. The summed E-state index contributed by atoms with van der Waals surface area (Å²) in [4.78, 5) is 14.9. The molecular formula is C18H23N5S. The topological polar surface area (TPSA) is 76.7 Å². The van der Waals surface area contributed by atoms with Gasteiger partial charge in [0.15, 0.2) is 5.82 Å². The van der Waals surface area contributed by atoms with Crippen LogP contribution in [0.3, 0.4) is 0 Å². The van der Waals surface area contributed by atoms with Crippen LogP contribution < -0.4 is 11.1 Å². The Bertz CT molecular complexity index is 834. The summed E-state index contributed by atoms with van der Waals surface area (Å²) in [5, 5.41) is 3.38. The zero-order valence-corrected chi connectivity index (χ0v) is 15.3. The standard InChI is InChI=1S/C18H23N5S/c1-11(19)10-21-17-15-13(9-14(24-15)18(2,3)4)22-16(23-17)12-5-7-20-8-6-12/h5-9,11H,10,19H2,1-4H3,(H,21,22,23)/t11-/m1/s1. The lowest BCUT2D eigenvalue weighted by Gasteiger charge is -2.14. The van der Waals surface area contributed by atoms with Gasteiger partial charge in [-0.05, 0) is 30.5 Å². The van der Waals surface area contributed by atoms with E-state index in [2.05, 4.69) is 37.1 Å². The predicted octanol–water partition coefficient (Wildman–Crippen LogP) is 3.81. The zero-order valence-electron chi connectivity index (χ0n) is 14.5. The van der Waals surface area contributed by atoms with Gasteiger partial charge in [0.05, 0.1) is 10.2 Å². The third-order valence-corrected chi connectivity index (χ3v) is 5.20. The van der Waals surface area contributed by atoms with Crippen molar-refractivity contribution in [2.75, 3.05) is 11.9 Å². The molecule has 0 spiro atoms. The highest BCUT2D eigenvalue weighted by atomic mass is 32.1. The van der Waals surface area contributed by atoms with Crippen molar-refractivity contribution in [3.63, 3.8) is 0 Å². The van der Waals surface area contributed by atoms with E-state index in [9.17, 15) is 0 Å². The Morgan fingerprint density at radius 1 is 1.21 bits per heavy atom. The first kappa shape index (κ1) is 16.8. The van der Waals surface area contributed by atoms with E-state index in [1.165, 1.54) is 4.88 Å². The molecule has 3 aromatic heterocycles. The Morgan fingerprint density at radius 3 is 2.54 bits per heavy atom. The number of pyridine rings is 1. The van der Waals surface area contributed by atoms with E-state index in [4.69, 9.17) is 15.7 Å². The van der Waals surface area contributed by atoms with Crippen LogP contribution in [0.15, 0.2) is 30.6 Å². The lowest BCUT2D eigenvalue weighted by atomic mass is 9.95. The molecule has 3 N–H and O–H groups in total. The molecule has 0 amide bonds. The van der Waals surface area contributed by atoms with Crippen LogP contribution >= 0.6 is 11.3 Å². The van der Waals surface area contributed by atoms with E-state index in [0.717, 1.165) is 21.6 Å². The maximum absolute atomic E-state index is 5.90. The third-order valence-electron chi connectivity index (χ3n) is 3.64. The highest BCUT2D eigenvalue weighted by molar-refractivity contribution is 7.19. The van der Waals surface area contributed by atoms with Crippen molar-refractivity contribution in [2.24, 2.45) is 5.73 Å². The Labute approximate surface area is 146 Å². The number of hydrogen-bond acceptors (Lipinski definition) is 6. The van der Waals surface area contributed by atoms with Crippen LogP contribution in [0.1, 0.15) is 32.6 Å². The summed E-state index contributed by atoms with van der Waals surface area (Å²) in [5.41, 5.74) is 7.91. The predicted molar refractivity (Wildman–Crippen MR) is 101 cm³/mol. The molecule has 0 aromatic carbocycles. The molecule has 6 heteroatoms. The summed E-state index contributed by atoms with van der Waals surface area (Å²) in [6.45, 7) is 9.28. The van der Waals surface area contributed by atoms with Crippen molar-refractivity contribution in [2.45, 2.75) is 39.2 Å². The lowest BCUT2D eigenvalue weighted by molar-refractivity contribution is 0.604. The minimum atomic E-state index is 0.0569. The number of nitrogens with zero attached hydrogens (tertiary/aromatic N) is 3. The van der Waals surface area contributed by atoms with Gasteiger partial charge in [-0.3, -0.25) is 4.98 Å². The Hall–Kier alpha value is -2.05. The van der Waals surface area contributed by atoms with Gasteiger partial charge in [-0.25, -0.2) is 9.97 Å². The van der Waals surface area contributed by atoms with Crippen LogP contribution in [-0.2, 0) is 5.41 Å². The normalized spacial score (nSPS) is 13.2. The molecule has 126 valence electrons. The van der Waals surface area contributed by atoms with E-state index in [-0.39, 0.29) is 11.5 Å². The molecule has 0 aliphatic heterocycles. The molecule has 0 unspecified atom stereocenters. The van der Waals surface area contributed by atoms with Crippen molar-refractivity contribution in [3.8, 4) is 11.4 Å². The number of hydrogen-bond donors (Lipinski definition) is 2. The van der Waals surface area contributed by atoms with E-state index in [0.29, 0.717) is 12.4 Å². The fraction of sp³-hybridized carbons (Fsp3) is 0.389. The average molecular weight is 341 g/mol. The molecule has 0 saturated carbocycles. The second-order valence-electron chi connectivity index (χ2n) is 7.06. The fourth-order valence-corrected chi connectivity index (χ4v) is 3.43. The minimum Gasteiger partial charge on any atom is -0.367 e. The number of rotatable bonds is 4. The first-order valence-electron chi connectivity index (χ1n) is 8.06. The molecule has 3 rings (SSSR count). The number of nitrogens with one attached hydrogen (secondary N) is 1. The number of thiophene rings is 1. The van der Waals surface area contributed by atoms with Crippen LogP contribution in [0.2, 0.25) is 0 Å². The maximum Gasteiger partial charge on any atom is 0.162 e. The van der Waals surface area contributed by atoms with Crippen molar-refractivity contribution in [1.82, 2.24) is 15.0 Å². The maximum atomic E-state index is 5.90. The largest absolute Gasteiger partial charge is 0.367 e. The average Bonchev–Trinajstić information content (AvgIpc) is 2.97. The lowest BCUT2D eigenvalue weighted by Crippen LogP contribution is -2.25. The van der Waals surface area contributed by atoms with Gasteiger partial charge < -0.3 is 11.1 Å². The van der Waals surface area contributed by atoms with Crippen LogP contribution in [0.25, 0.3) is 21.6 Å². The fourth-order valence-electron chi connectivity index (χ4n) is 2.31. The molecule has 3 aromatic rings. The van der Waals surface area contributed by atoms with E-state index in [1.807, 2.05) is 19.1 Å². The molecule has 0 saturated heterocycles. The smallest absolute Gasteiger partial charge is 0.162 e. The van der Waals surface area contributed by atoms with Gasteiger partial charge in [0.1, 0.15) is 5.82 Å². The Kier molecular flexibility index (Phi) is 4.51. The van der Waals surface area contributed by atoms with Crippen molar-refractivity contribution in [1.29, 1.82) is 0 Å². The van der Waals surface area contributed by atoms with E-state index >= 15 is 0 Å². The molecule has 0 aliphatic carbocycles. The molecule has 0 fully saturated rings. The molecular weight excluding hydrogens is 318 g/mol. The van der Waals surface area contributed by atoms with Gasteiger partial charge >= 0.3 is 0 Å². The Balaban J connectivity index is 2.14. The number of anilines is 1. The molecule has 3 heterocycles. The summed E-state index contributed by atoms with van der Waals surface area (Å²) in [6.07, 6.45) is 3.51. The van der Waals surface area contributed by atoms with Gasteiger partial charge in [-0.1, -0.05) is 20.8 Å². The first-order valence-corrected chi connectivity index (χ1v) is 8.88. The van der Waals surface area contributed by atoms with Gasteiger partial charge in [0.25, 0.3) is 0 Å². The minimum absolute atomic E-state index is 0.0569. The molecule has 1 atom stereocenters. The number of nitrogens with two attached hydrogens (primary N) is 1.